The molecule has 7 nitrogen and oxygen atoms in total. The number of rotatable bonds is 4. The van der Waals surface area contributed by atoms with Crippen LogP contribution in [0, 0.1) is 0 Å². The standard InChI is InChI=1S/C15H20N2O5/c1-9(18)16-11-7-5-10(6-8-11)12(13(19)20)17-14(21)22-15(2,3)4/h5-8,12H,1-4H3,(H,16,18)(H,17,21)(H,19,20). The molecule has 1 rings (SSSR count). The van der Waals surface area contributed by atoms with Crippen molar-refractivity contribution in [2.24, 2.45) is 0 Å². The fourth-order valence-corrected chi connectivity index (χ4v) is 1.68. The van der Waals surface area contributed by atoms with Gasteiger partial charge in [-0.25, -0.2) is 9.59 Å². The van der Waals surface area contributed by atoms with Crippen LogP contribution in [0.5, 0.6) is 0 Å². The maximum absolute atomic E-state index is 11.7. The first-order valence-electron chi connectivity index (χ1n) is 6.68. The van der Waals surface area contributed by atoms with Crippen LogP contribution in [0.3, 0.4) is 0 Å². The number of ether oxygens (including phenoxy) is 1. The summed E-state index contributed by atoms with van der Waals surface area (Å²) in [5.74, 6) is -1.44. The van der Waals surface area contributed by atoms with Crippen molar-refractivity contribution in [1.82, 2.24) is 5.32 Å². The number of nitrogens with one attached hydrogen (secondary N) is 2. The summed E-state index contributed by atoms with van der Waals surface area (Å²) in [7, 11) is 0. The van der Waals surface area contributed by atoms with Crippen molar-refractivity contribution in [3.05, 3.63) is 29.8 Å². The van der Waals surface area contributed by atoms with Crippen molar-refractivity contribution in [3.8, 4) is 0 Å². The lowest BCUT2D eigenvalue weighted by Gasteiger charge is -2.22. The van der Waals surface area contributed by atoms with Crippen LogP contribution in [0.4, 0.5) is 10.5 Å². The first-order valence-corrected chi connectivity index (χ1v) is 6.68. The van der Waals surface area contributed by atoms with E-state index in [2.05, 4.69) is 10.6 Å². The van der Waals surface area contributed by atoms with Crippen LogP contribution in [0.2, 0.25) is 0 Å². The fourth-order valence-electron chi connectivity index (χ4n) is 1.68. The highest BCUT2D eigenvalue weighted by atomic mass is 16.6. The Balaban J connectivity index is 2.85. The molecule has 1 aromatic carbocycles. The Labute approximate surface area is 128 Å². The molecule has 0 aromatic heterocycles. The lowest BCUT2D eigenvalue weighted by molar-refractivity contribution is -0.139. The Morgan fingerprint density at radius 1 is 1.14 bits per heavy atom. The molecule has 0 aliphatic carbocycles. The van der Waals surface area contributed by atoms with Gasteiger partial charge in [0, 0.05) is 12.6 Å². The topological polar surface area (TPSA) is 105 Å². The lowest BCUT2D eigenvalue weighted by Crippen LogP contribution is -2.38. The molecule has 1 aromatic rings. The minimum atomic E-state index is -1.23. The maximum atomic E-state index is 11.7. The number of aliphatic carboxylic acids is 1. The van der Waals surface area contributed by atoms with Crippen LogP contribution in [-0.2, 0) is 14.3 Å². The highest BCUT2D eigenvalue weighted by Crippen LogP contribution is 2.18. The molecule has 1 atom stereocenters. The summed E-state index contributed by atoms with van der Waals surface area (Å²) in [4.78, 5) is 34.0. The Morgan fingerprint density at radius 3 is 2.09 bits per heavy atom. The van der Waals surface area contributed by atoms with Crippen LogP contribution >= 0.6 is 0 Å². The first kappa shape index (κ1) is 17.5. The summed E-state index contributed by atoms with van der Waals surface area (Å²) >= 11 is 0. The zero-order valence-electron chi connectivity index (χ0n) is 13.0. The molecule has 3 N–H and O–H groups in total. The molecule has 1 unspecified atom stereocenters. The van der Waals surface area contributed by atoms with Crippen LogP contribution in [0.1, 0.15) is 39.3 Å². The lowest BCUT2D eigenvalue weighted by atomic mass is 10.1. The number of carbonyl (C=O) groups is 3. The van der Waals surface area contributed by atoms with Gasteiger partial charge in [0.15, 0.2) is 6.04 Å². The zero-order chi connectivity index (χ0) is 16.9. The van der Waals surface area contributed by atoms with E-state index >= 15 is 0 Å². The quantitative estimate of drug-likeness (QED) is 0.791. The molecule has 0 radical (unpaired) electrons. The molecule has 0 heterocycles. The molecular formula is C15H20N2O5. The van der Waals surface area contributed by atoms with E-state index in [0.29, 0.717) is 11.3 Å². The van der Waals surface area contributed by atoms with Crippen molar-refractivity contribution in [2.75, 3.05) is 5.32 Å². The largest absolute Gasteiger partial charge is 0.479 e. The van der Waals surface area contributed by atoms with Crippen molar-refractivity contribution in [2.45, 2.75) is 39.3 Å². The van der Waals surface area contributed by atoms with Gasteiger partial charge in [0.2, 0.25) is 5.91 Å². The van der Waals surface area contributed by atoms with Gasteiger partial charge in [-0.1, -0.05) is 12.1 Å². The van der Waals surface area contributed by atoms with Crippen molar-refractivity contribution >= 4 is 23.7 Å². The molecular weight excluding hydrogens is 288 g/mol. The van der Waals surface area contributed by atoms with Gasteiger partial charge in [0.05, 0.1) is 0 Å². The number of carboxylic acid groups (broad SMARTS) is 1. The number of carbonyl (C=O) groups excluding carboxylic acids is 2. The third kappa shape index (κ3) is 5.82. The van der Waals surface area contributed by atoms with E-state index in [1.165, 1.54) is 19.1 Å². The van der Waals surface area contributed by atoms with Crippen LogP contribution in [0.25, 0.3) is 0 Å². The second-order valence-electron chi connectivity index (χ2n) is 5.72. The third-order valence-corrected chi connectivity index (χ3v) is 2.47. The molecule has 0 bridgehead atoms. The number of anilines is 1. The summed E-state index contributed by atoms with van der Waals surface area (Å²) in [5, 5.41) is 14.1. The number of carboxylic acids is 1. The molecule has 120 valence electrons. The summed E-state index contributed by atoms with van der Waals surface area (Å²) in [5.41, 5.74) is 0.188. The molecule has 0 fully saturated rings. The first-order chi connectivity index (χ1) is 10.1. The van der Waals surface area contributed by atoms with Gasteiger partial charge < -0.3 is 20.5 Å². The number of hydrogen-bond donors (Lipinski definition) is 3. The summed E-state index contributed by atoms with van der Waals surface area (Å²) in [6.07, 6.45) is -0.814. The van der Waals surface area contributed by atoms with E-state index in [9.17, 15) is 19.5 Å². The molecule has 0 saturated carbocycles. The highest BCUT2D eigenvalue weighted by Gasteiger charge is 2.25. The van der Waals surface area contributed by atoms with Crippen LogP contribution < -0.4 is 10.6 Å². The number of alkyl carbamates (subject to hydrolysis) is 1. The molecule has 0 spiro atoms. The van der Waals surface area contributed by atoms with Gasteiger partial charge in [-0.3, -0.25) is 4.79 Å². The summed E-state index contributed by atoms with van der Waals surface area (Å²) in [6, 6.07) is 4.91. The zero-order valence-corrected chi connectivity index (χ0v) is 13.0. The number of benzene rings is 1. The van der Waals surface area contributed by atoms with Gasteiger partial charge in [0.25, 0.3) is 0 Å². The molecule has 7 heteroatoms. The second kappa shape index (κ2) is 6.93. The van der Waals surface area contributed by atoms with Gasteiger partial charge in [0.1, 0.15) is 5.60 Å². The fraction of sp³-hybridized carbons (Fsp3) is 0.400. The van der Waals surface area contributed by atoms with E-state index in [0.717, 1.165) is 0 Å². The van der Waals surface area contributed by atoms with Crippen molar-refractivity contribution in [1.29, 1.82) is 0 Å². The Morgan fingerprint density at radius 2 is 1.68 bits per heavy atom. The number of hydrogen-bond acceptors (Lipinski definition) is 4. The minimum Gasteiger partial charge on any atom is -0.479 e. The predicted molar refractivity (Wildman–Crippen MR) is 80.5 cm³/mol. The van der Waals surface area contributed by atoms with E-state index in [1.807, 2.05) is 0 Å². The average Bonchev–Trinajstić information content (AvgIpc) is 2.34. The van der Waals surface area contributed by atoms with Gasteiger partial charge >= 0.3 is 12.1 Å². The smallest absolute Gasteiger partial charge is 0.408 e. The molecule has 0 aliphatic heterocycles. The van der Waals surface area contributed by atoms with Gasteiger partial charge in [-0.05, 0) is 38.5 Å². The second-order valence-corrected chi connectivity index (χ2v) is 5.72. The van der Waals surface area contributed by atoms with Gasteiger partial charge in [-0.15, -0.1) is 0 Å². The predicted octanol–water partition coefficient (Wildman–Crippen LogP) is 2.30. The SMILES string of the molecule is CC(=O)Nc1ccc(C(NC(=O)OC(C)(C)C)C(=O)O)cc1. The maximum Gasteiger partial charge on any atom is 0.408 e. The normalized spacial score (nSPS) is 12.2. The minimum absolute atomic E-state index is 0.227. The Hall–Kier alpha value is -2.57. The van der Waals surface area contributed by atoms with E-state index < -0.39 is 23.7 Å². The third-order valence-electron chi connectivity index (χ3n) is 2.47. The van der Waals surface area contributed by atoms with Crippen LogP contribution in [0.15, 0.2) is 24.3 Å². The summed E-state index contributed by atoms with van der Waals surface area (Å²) in [6.45, 7) is 6.43. The Kier molecular flexibility index (Phi) is 5.50. The van der Waals surface area contributed by atoms with E-state index in [-0.39, 0.29) is 5.91 Å². The van der Waals surface area contributed by atoms with Crippen LogP contribution in [-0.4, -0.2) is 28.7 Å². The molecule has 0 aliphatic rings. The van der Waals surface area contributed by atoms with E-state index in [4.69, 9.17) is 4.74 Å². The molecule has 2 amide bonds. The Bertz CT molecular complexity index is 560. The average molecular weight is 308 g/mol. The molecule has 22 heavy (non-hydrogen) atoms. The number of amides is 2. The summed E-state index contributed by atoms with van der Waals surface area (Å²) < 4.78 is 5.05. The van der Waals surface area contributed by atoms with Crippen molar-refractivity contribution in [3.63, 3.8) is 0 Å². The molecule has 0 saturated heterocycles. The highest BCUT2D eigenvalue weighted by molar-refractivity contribution is 5.88. The van der Waals surface area contributed by atoms with E-state index in [1.54, 1.807) is 32.9 Å². The van der Waals surface area contributed by atoms with Crippen molar-refractivity contribution < 1.29 is 24.2 Å². The monoisotopic (exact) mass is 308 g/mol. The van der Waals surface area contributed by atoms with Gasteiger partial charge in [-0.2, -0.15) is 0 Å².